The number of hydrogen-bond donors (Lipinski definition) is 1. The maximum absolute atomic E-state index is 12.2. The van der Waals surface area contributed by atoms with Gasteiger partial charge in [0.05, 0.1) is 5.02 Å². The van der Waals surface area contributed by atoms with Crippen LogP contribution in [-0.2, 0) is 9.53 Å². The molecule has 0 unspecified atom stereocenters. The van der Waals surface area contributed by atoms with E-state index in [1.54, 1.807) is 0 Å². The molecule has 26 heavy (non-hydrogen) atoms. The molecule has 0 fully saturated rings. The van der Waals surface area contributed by atoms with Crippen molar-refractivity contribution in [2.45, 2.75) is 12.8 Å². The largest absolute Gasteiger partial charge is 0.451 e. The summed E-state index contributed by atoms with van der Waals surface area (Å²) in [5.41, 5.74) is 1.14. The lowest BCUT2D eigenvalue weighted by Crippen LogP contribution is -2.31. The smallest absolute Gasteiger partial charge is 0.350 e. The highest BCUT2D eigenvalue weighted by molar-refractivity contribution is 7.21. The number of hydrogen-bond acceptors (Lipinski definition) is 4. The van der Waals surface area contributed by atoms with Crippen LogP contribution in [0.2, 0.25) is 5.02 Å². The van der Waals surface area contributed by atoms with Crippen molar-refractivity contribution < 1.29 is 14.3 Å². The molecule has 2 aromatic carbocycles. The molecule has 0 aliphatic rings. The lowest BCUT2D eigenvalue weighted by Gasteiger charge is -2.13. The summed E-state index contributed by atoms with van der Waals surface area (Å²) in [6.45, 7) is 2.17. The zero-order chi connectivity index (χ0) is 18.5. The number of thiophene rings is 1. The Labute approximate surface area is 160 Å². The molecule has 0 bridgehead atoms. The van der Waals surface area contributed by atoms with Gasteiger partial charge in [0.15, 0.2) is 6.61 Å². The highest BCUT2D eigenvalue weighted by Gasteiger charge is 2.19. The van der Waals surface area contributed by atoms with Crippen LogP contribution in [-0.4, -0.2) is 25.0 Å². The number of rotatable bonds is 6. The number of halogens is 1. The SMILES string of the molecule is C[C@H](CNC(=O)COC(=O)c1sc2ccccc2c1Cl)c1ccccc1. The fourth-order valence-electron chi connectivity index (χ4n) is 2.56. The van der Waals surface area contributed by atoms with E-state index in [1.165, 1.54) is 11.3 Å². The summed E-state index contributed by atoms with van der Waals surface area (Å²) in [5, 5.41) is 3.96. The number of esters is 1. The lowest BCUT2D eigenvalue weighted by atomic mass is 10.0. The van der Waals surface area contributed by atoms with E-state index in [1.807, 2.05) is 61.5 Å². The van der Waals surface area contributed by atoms with Crippen molar-refractivity contribution in [3.63, 3.8) is 0 Å². The molecular weight excluding hydrogens is 370 g/mol. The molecule has 0 spiro atoms. The van der Waals surface area contributed by atoms with Crippen molar-refractivity contribution in [3.8, 4) is 0 Å². The topological polar surface area (TPSA) is 55.4 Å². The molecule has 0 radical (unpaired) electrons. The summed E-state index contributed by atoms with van der Waals surface area (Å²) in [5.74, 6) is -0.742. The minimum absolute atomic E-state index is 0.174. The standard InChI is InChI=1S/C20H18ClNO3S/c1-13(14-7-3-2-4-8-14)11-22-17(23)12-25-20(24)19-18(21)15-9-5-6-10-16(15)26-19/h2-10,13H,11-12H2,1H3,(H,22,23)/t13-/m1/s1. The fraction of sp³-hybridized carbons (Fsp3) is 0.200. The average molecular weight is 388 g/mol. The first-order chi connectivity index (χ1) is 12.6. The Morgan fingerprint density at radius 1 is 1.12 bits per heavy atom. The Balaban J connectivity index is 1.52. The first kappa shape index (κ1) is 18.4. The van der Waals surface area contributed by atoms with Crippen LogP contribution in [0.5, 0.6) is 0 Å². The van der Waals surface area contributed by atoms with Gasteiger partial charge in [-0.15, -0.1) is 11.3 Å². The zero-order valence-electron chi connectivity index (χ0n) is 14.2. The molecule has 6 heteroatoms. The van der Waals surface area contributed by atoms with Crippen molar-refractivity contribution in [1.29, 1.82) is 0 Å². The quantitative estimate of drug-likeness (QED) is 0.627. The number of carbonyl (C=O) groups is 2. The fourth-order valence-corrected chi connectivity index (χ4v) is 3.96. The van der Waals surface area contributed by atoms with Gasteiger partial charge < -0.3 is 10.1 Å². The van der Waals surface area contributed by atoms with Gasteiger partial charge in [-0.1, -0.05) is 67.1 Å². The van der Waals surface area contributed by atoms with Crippen molar-refractivity contribution in [3.05, 3.63) is 70.1 Å². The van der Waals surface area contributed by atoms with Crippen molar-refractivity contribution in [1.82, 2.24) is 5.32 Å². The second-order valence-electron chi connectivity index (χ2n) is 5.93. The Hall–Kier alpha value is -2.37. The monoisotopic (exact) mass is 387 g/mol. The van der Waals surface area contributed by atoms with E-state index < -0.39 is 5.97 Å². The second kappa shape index (κ2) is 8.34. The maximum atomic E-state index is 12.2. The normalized spacial score (nSPS) is 11.9. The minimum Gasteiger partial charge on any atom is -0.451 e. The Kier molecular flexibility index (Phi) is 5.91. The van der Waals surface area contributed by atoms with E-state index in [4.69, 9.17) is 16.3 Å². The molecule has 0 saturated heterocycles. The molecule has 134 valence electrons. The number of fused-ring (bicyclic) bond motifs is 1. The Morgan fingerprint density at radius 2 is 1.81 bits per heavy atom. The maximum Gasteiger partial charge on any atom is 0.350 e. The van der Waals surface area contributed by atoms with Crippen LogP contribution in [0.3, 0.4) is 0 Å². The first-order valence-corrected chi connectivity index (χ1v) is 9.41. The van der Waals surface area contributed by atoms with Gasteiger partial charge in [0.25, 0.3) is 5.91 Å². The van der Waals surface area contributed by atoms with Crippen LogP contribution >= 0.6 is 22.9 Å². The molecule has 4 nitrogen and oxygen atoms in total. The second-order valence-corrected chi connectivity index (χ2v) is 7.36. The summed E-state index contributed by atoms with van der Waals surface area (Å²) in [6, 6.07) is 17.4. The van der Waals surface area contributed by atoms with E-state index in [0.29, 0.717) is 16.4 Å². The van der Waals surface area contributed by atoms with Crippen LogP contribution in [0.1, 0.15) is 28.1 Å². The molecule has 0 aliphatic heterocycles. The summed E-state index contributed by atoms with van der Waals surface area (Å²) < 4.78 is 6.02. The predicted octanol–water partition coefficient (Wildman–Crippen LogP) is 4.63. The zero-order valence-corrected chi connectivity index (χ0v) is 15.8. The van der Waals surface area contributed by atoms with Crippen LogP contribution in [0.25, 0.3) is 10.1 Å². The van der Waals surface area contributed by atoms with Gasteiger partial charge in [0.2, 0.25) is 0 Å². The number of ether oxygens (including phenoxy) is 1. The van der Waals surface area contributed by atoms with E-state index in [-0.39, 0.29) is 18.4 Å². The van der Waals surface area contributed by atoms with Crippen LogP contribution in [0.4, 0.5) is 0 Å². The molecular formula is C20H18ClNO3S. The van der Waals surface area contributed by atoms with Crippen molar-refractivity contribution in [2.75, 3.05) is 13.2 Å². The van der Waals surface area contributed by atoms with Crippen LogP contribution < -0.4 is 5.32 Å². The molecule has 0 saturated carbocycles. The van der Waals surface area contributed by atoms with Crippen molar-refractivity contribution in [2.24, 2.45) is 0 Å². The van der Waals surface area contributed by atoms with Gasteiger partial charge in [-0.25, -0.2) is 4.79 Å². The first-order valence-electron chi connectivity index (χ1n) is 8.22. The van der Waals surface area contributed by atoms with Crippen LogP contribution in [0, 0.1) is 0 Å². The third-order valence-electron chi connectivity index (χ3n) is 4.03. The predicted molar refractivity (Wildman–Crippen MR) is 105 cm³/mol. The number of nitrogens with one attached hydrogen (secondary N) is 1. The highest BCUT2D eigenvalue weighted by Crippen LogP contribution is 2.35. The number of benzene rings is 2. The molecule has 1 heterocycles. The van der Waals surface area contributed by atoms with Crippen molar-refractivity contribution >= 4 is 44.9 Å². The Morgan fingerprint density at radius 3 is 2.54 bits per heavy atom. The highest BCUT2D eigenvalue weighted by atomic mass is 35.5. The average Bonchev–Trinajstić information content (AvgIpc) is 3.02. The van der Waals surface area contributed by atoms with E-state index in [2.05, 4.69) is 5.32 Å². The summed E-state index contributed by atoms with van der Waals surface area (Å²) in [4.78, 5) is 24.5. The molecule has 3 aromatic rings. The van der Waals surface area contributed by atoms with E-state index >= 15 is 0 Å². The summed E-state index contributed by atoms with van der Waals surface area (Å²) in [7, 11) is 0. The van der Waals surface area contributed by atoms with Crippen LogP contribution in [0.15, 0.2) is 54.6 Å². The lowest BCUT2D eigenvalue weighted by molar-refractivity contribution is -0.124. The third-order valence-corrected chi connectivity index (χ3v) is 5.68. The number of amides is 1. The van der Waals surface area contributed by atoms with Gasteiger partial charge in [-0.05, 0) is 17.5 Å². The molecule has 1 atom stereocenters. The Bertz CT molecular complexity index is 923. The van der Waals surface area contributed by atoms with Gasteiger partial charge in [-0.2, -0.15) is 0 Å². The number of carbonyl (C=O) groups excluding carboxylic acids is 2. The molecule has 3 rings (SSSR count). The third kappa shape index (κ3) is 4.23. The molecule has 0 aliphatic carbocycles. The summed E-state index contributed by atoms with van der Waals surface area (Å²) in [6.07, 6.45) is 0. The minimum atomic E-state index is -0.581. The van der Waals surface area contributed by atoms with Gasteiger partial charge >= 0.3 is 5.97 Å². The van der Waals surface area contributed by atoms with Gasteiger partial charge in [0, 0.05) is 16.6 Å². The van der Waals surface area contributed by atoms with E-state index in [9.17, 15) is 9.59 Å². The molecule has 1 N–H and O–H groups in total. The molecule has 1 amide bonds. The molecule has 1 aromatic heterocycles. The van der Waals surface area contributed by atoms with E-state index in [0.717, 1.165) is 15.6 Å². The van der Waals surface area contributed by atoms with Gasteiger partial charge in [-0.3, -0.25) is 4.79 Å². The summed E-state index contributed by atoms with van der Waals surface area (Å²) >= 11 is 7.51. The van der Waals surface area contributed by atoms with Gasteiger partial charge in [0.1, 0.15) is 4.88 Å².